The second-order valence-corrected chi connectivity index (χ2v) is 5.79. The summed E-state index contributed by atoms with van der Waals surface area (Å²) in [6, 6.07) is 9.69. The van der Waals surface area contributed by atoms with E-state index in [1.54, 1.807) is 11.9 Å². The Morgan fingerprint density at radius 1 is 1.21 bits per heavy atom. The number of carboxylic acids is 1. The van der Waals surface area contributed by atoms with Gasteiger partial charge in [-0.05, 0) is 11.0 Å². The van der Waals surface area contributed by atoms with Crippen LogP contribution in [0.15, 0.2) is 30.3 Å². The molecule has 1 aromatic carbocycles. The first-order chi connectivity index (χ1) is 8.85. The molecule has 0 radical (unpaired) electrons. The summed E-state index contributed by atoms with van der Waals surface area (Å²) in [7, 11) is 1.72. The fourth-order valence-corrected chi connectivity index (χ4v) is 2.73. The first-order valence-electron chi connectivity index (χ1n) is 6.37. The lowest BCUT2D eigenvalue weighted by Crippen LogP contribution is -2.29. The van der Waals surface area contributed by atoms with E-state index in [4.69, 9.17) is 5.11 Å². The monoisotopic (exact) mass is 261 g/mol. The molecule has 2 atom stereocenters. The Morgan fingerprint density at radius 3 is 2.26 bits per heavy atom. The van der Waals surface area contributed by atoms with Crippen molar-refractivity contribution in [2.24, 2.45) is 17.3 Å². The second-order valence-electron chi connectivity index (χ2n) is 5.79. The van der Waals surface area contributed by atoms with Crippen LogP contribution in [0.4, 0.5) is 0 Å². The number of hydrogen-bond acceptors (Lipinski definition) is 2. The van der Waals surface area contributed by atoms with E-state index in [9.17, 15) is 9.59 Å². The van der Waals surface area contributed by atoms with Gasteiger partial charge in [0.25, 0.3) is 0 Å². The predicted molar refractivity (Wildman–Crippen MR) is 71.3 cm³/mol. The van der Waals surface area contributed by atoms with Crippen LogP contribution in [0.5, 0.6) is 0 Å². The van der Waals surface area contributed by atoms with Crippen LogP contribution in [0.2, 0.25) is 0 Å². The summed E-state index contributed by atoms with van der Waals surface area (Å²) in [4.78, 5) is 25.0. The average Bonchev–Trinajstić information content (AvgIpc) is 2.92. The number of rotatable bonds is 4. The Labute approximate surface area is 113 Å². The van der Waals surface area contributed by atoms with E-state index < -0.39 is 23.2 Å². The minimum absolute atomic E-state index is 0.0822. The van der Waals surface area contributed by atoms with Gasteiger partial charge in [0.2, 0.25) is 5.91 Å². The number of benzene rings is 1. The van der Waals surface area contributed by atoms with Crippen molar-refractivity contribution in [2.45, 2.75) is 20.4 Å². The summed E-state index contributed by atoms with van der Waals surface area (Å²) in [6.07, 6.45) is 0. The number of hydrogen-bond donors (Lipinski definition) is 1. The minimum Gasteiger partial charge on any atom is -0.481 e. The maximum Gasteiger partial charge on any atom is 0.307 e. The molecule has 1 saturated carbocycles. The molecule has 1 aromatic rings. The predicted octanol–water partition coefficient (Wildman–Crippen LogP) is 2.00. The highest BCUT2D eigenvalue weighted by Crippen LogP contribution is 2.58. The van der Waals surface area contributed by atoms with Crippen molar-refractivity contribution in [3.05, 3.63) is 35.9 Å². The third-order valence-electron chi connectivity index (χ3n) is 4.00. The fraction of sp³-hybridized carbons (Fsp3) is 0.467. The lowest BCUT2D eigenvalue weighted by molar-refractivity contribution is -0.141. The summed E-state index contributed by atoms with van der Waals surface area (Å²) in [5, 5.41) is 9.11. The average molecular weight is 261 g/mol. The van der Waals surface area contributed by atoms with Crippen LogP contribution in [-0.4, -0.2) is 28.9 Å². The van der Waals surface area contributed by atoms with Crippen molar-refractivity contribution < 1.29 is 14.7 Å². The molecule has 19 heavy (non-hydrogen) atoms. The molecular formula is C15H19NO3. The van der Waals surface area contributed by atoms with E-state index in [2.05, 4.69) is 0 Å². The van der Waals surface area contributed by atoms with Crippen LogP contribution in [0.1, 0.15) is 19.4 Å². The van der Waals surface area contributed by atoms with Gasteiger partial charge in [-0.2, -0.15) is 0 Å². The quantitative estimate of drug-likeness (QED) is 0.902. The van der Waals surface area contributed by atoms with E-state index in [1.807, 2.05) is 44.2 Å². The number of amides is 1. The maximum absolute atomic E-state index is 12.3. The van der Waals surface area contributed by atoms with E-state index in [0.717, 1.165) is 5.56 Å². The zero-order valence-corrected chi connectivity index (χ0v) is 11.5. The van der Waals surface area contributed by atoms with Crippen molar-refractivity contribution in [2.75, 3.05) is 7.05 Å². The molecule has 0 saturated heterocycles. The van der Waals surface area contributed by atoms with Gasteiger partial charge in [-0.1, -0.05) is 44.2 Å². The Bertz CT molecular complexity index is 495. The second kappa shape index (κ2) is 4.68. The molecule has 1 aliphatic carbocycles. The zero-order valence-electron chi connectivity index (χ0n) is 11.5. The van der Waals surface area contributed by atoms with Crippen molar-refractivity contribution in [1.29, 1.82) is 0 Å². The molecule has 1 aliphatic rings. The van der Waals surface area contributed by atoms with Crippen LogP contribution in [0.25, 0.3) is 0 Å². The number of carboxylic acid groups (broad SMARTS) is 1. The Kier molecular flexibility index (Phi) is 3.35. The molecule has 4 heteroatoms. The van der Waals surface area contributed by atoms with Gasteiger partial charge in [-0.15, -0.1) is 0 Å². The van der Waals surface area contributed by atoms with Gasteiger partial charge >= 0.3 is 5.97 Å². The summed E-state index contributed by atoms with van der Waals surface area (Å²) < 4.78 is 0. The molecule has 0 aromatic heterocycles. The highest BCUT2D eigenvalue weighted by molar-refractivity contribution is 5.91. The molecule has 102 valence electrons. The van der Waals surface area contributed by atoms with Gasteiger partial charge < -0.3 is 10.0 Å². The van der Waals surface area contributed by atoms with Crippen molar-refractivity contribution in [3.63, 3.8) is 0 Å². The molecule has 2 unspecified atom stereocenters. The standard InChI is InChI=1S/C15H19NO3/c1-15(2)11(12(15)14(18)19)13(17)16(3)9-10-7-5-4-6-8-10/h4-8,11-12H,9H2,1-3H3,(H,18,19). The highest BCUT2D eigenvalue weighted by atomic mass is 16.4. The first kappa shape index (κ1) is 13.6. The number of aliphatic carboxylic acids is 1. The molecule has 2 rings (SSSR count). The Morgan fingerprint density at radius 2 is 1.79 bits per heavy atom. The minimum atomic E-state index is -0.878. The Balaban J connectivity index is 2.03. The third-order valence-corrected chi connectivity index (χ3v) is 4.00. The van der Waals surface area contributed by atoms with E-state index >= 15 is 0 Å². The molecule has 0 spiro atoms. The summed E-state index contributed by atoms with van der Waals surface area (Å²) in [6.45, 7) is 4.19. The van der Waals surface area contributed by atoms with Crippen molar-refractivity contribution in [3.8, 4) is 0 Å². The first-order valence-corrected chi connectivity index (χ1v) is 6.37. The maximum atomic E-state index is 12.3. The fourth-order valence-electron chi connectivity index (χ4n) is 2.73. The van der Waals surface area contributed by atoms with Crippen LogP contribution in [0.3, 0.4) is 0 Å². The Hall–Kier alpha value is -1.84. The molecule has 4 nitrogen and oxygen atoms in total. The van der Waals surface area contributed by atoms with Gasteiger partial charge in [0.1, 0.15) is 0 Å². The molecular weight excluding hydrogens is 242 g/mol. The molecule has 0 bridgehead atoms. The van der Waals surface area contributed by atoms with E-state index in [1.165, 1.54) is 0 Å². The lowest BCUT2D eigenvalue weighted by Gasteiger charge is -2.18. The highest BCUT2D eigenvalue weighted by Gasteiger charge is 2.66. The molecule has 0 aliphatic heterocycles. The smallest absolute Gasteiger partial charge is 0.307 e. The van der Waals surface area contributed by atoms with Crippen LogP contribution >= 0.6 is 0 Å². The van der Waals surface area contributed by atoms with Crippen molar-refractivity contribution >= 4 is 11.9 Å². The zero-order chi connectivity index (χ0) is 14.2. The number of carbonyl (C=O) groups is 2. The SMILES string of the molecule is CN(Cc1ccccc1)C(=O)C1C(C(=O)O)C1(C)C. The van der Waals surface area contributed by atoms with Gasteiger partial charge in [-0.3, -0.25) is 9.59 Å². The third kappa shape index (κ3) is 2.48. The van der Waals surface area contributed by atoms with Gasteiger partial charge in [0.05, 0.1) is 11.8 Å². The van der Waals surface area contributed by atoms with E-state index in [-0.39, 0.29) is 5.91 Å². The molecule has 1 amide bonds. The van der Waals surface area contributed by atoms with Crippen LogP contribution in [0, 0.1) is 17.3 Å². The van der Waals surface area contributed by atoms with Gasteiger partial charge in [0, 0.05) is 13.6 Å². The molecule has 0 heterocycles. The van der Waals surface area contributed by atoms with Gasteiger partial charge in [-0.25, -0.2) is 0 Å². The van der Waals surface area contributed by atoms with Gasteiger partial charge in [0.15, 0.2) is 0 Å². The largest absolute Gasteiger partial charge is 0.481 e. The summed E-state index contributed by atoms with van der Waals surface area (Å²) in [5.74, 6) is -1.92. The van der Waals surface area contributed by atoms with Crippen molar-refractivity contribution in [1.82, 2.24) is 4.90 Å². The van der Waals surface area contributed by atoms with Crippen LogP contribution in [-0.2, 0) is 16.1 Å². The number of nitrogens with zero attached hydrogens (tertiary/aromatic N) is 1. The summed E-state index contributed by atoms with van der Waals surface area (Å²) >= 11 is 0. The summed E-state index contributed by atoms with van der Waals surface area (Å²) in [5.41, 5.74) is 0.608. The lowest BCUT2D eigenvalue weighted by atomic mass is 10.1. The topological polar surface area (TPSA) is 57.6 Å². The normalized spacial score (nSPS) is 23.7. The number of carbonyl (C=O) groups excluding carboxylic acids is 1. The molecule has 1 N–H and O–H groups in total. The van der Waals surface area contributed by atoms with Crippen LogP contribution < -0.4 is 0 Å². The molecule has 1 fully saturated rings. The van der Waals surface area contributed by atoms with E-state index in [0.29, 0.717) is 6.54 Å².